The molecule has 0 aliphatic rings. The molecule has 4 aromatic carbocycles. The maximum atomic E-state index is 11.8. The Labute approximate surface area is 216 Å². The lowest BCUT2D eigenvalue weighted by molar-refractivity contribution is -0.145. The maximum absolute atomic E-state index is 11.8. The van der Waals surface area contributed by atoms with E-state index in [-0.39, 0.29) is 6.61 Å². The number of carbonyl (C=O) groups excluding carboxylic acids is 1. The van der Waals surface area contributed by atoms with Crippen LogP contribution < -0.4 is 4.74 Å². The lowest BCUT2D eigenvalue weighted by Gasteiger charge is -2.13. The minimum absolute atomic E-state index is 0.140. The highest BCUT2D eigenvalue weighted by Gasteiger charge is 2.21. The summed E-state index contributed by atoms with van der Waals surface area (Å²) in [4.78, 5) is 16.8. The van der Waals surface area contributed by atoms with Gasteiger partial charge in [0.15, 0.2) is 12.4 Å². The van der Waals surface area contributed by atoms with E-state index in [1.165, 1.54) is 0 Å². The minimum atomic E-state index is -0.397. The molecule has 184 valence electrons. The number of nitrogens with zero attached hydrogens (tertiary/aromatic N) is 1. The van der Waals surface area contributed by atoms with Crippen molar-refractivity contribution in [3.8, 4) is 50.9 Å². The smallest absolute Gasteiger partial charge is 0.344 e. The Hall–Kier alpha value is -4.64. The standard InChI is InChI=1S/C32H27NO4/c1-3-35-28(34)21-36-26-18-11-17-25(20-26)29-22(2)12-10-19-27(29)32-33-30(23-13-6-4-7-14-23)31(37-32)24-15-8-5-9-16-24/h4-20H,3,21H2,1-2H3. The Balaban J connectivity index is 1.59. The molecule has 1 aromatic heterocycles. The van der Waals surface area contributed by atoms with Gasteiger partial charge in [0.25, 0.3) is 0 Å². The van der Waals surface area contributed by atoms with E-state index in [0.717, 1.165) is 44.8 Å². The van der Waals surface area contributed by atoms with Crippen molar-refractivity contribution in [2.45, 2.75) is 13.8 Å². The minimum Gasteiger partial charge on any atom is -0.482 e. The molecule has 0 spiro atoms. The molecule has 0 unspecified atom stereocenters. The molecule has 0 N–H and O–H groups in total. The molecule has 0 aliphatic heterocycles. The Kier molecular flexibility index (Phi) is 7.13. The Bertz CT molecular complexity index is 1450. The summed E-state index contributed by atoms with van der Waals surface area (Å²) in [5.41, 5.74) is 6.62. The van der Waals surface area contributed by atoms with Crippen LogP contribution in [0.15, 0.2) is 108 Å². The highest BCUT2D eigenvalue weighted by Crippen LogP contribution is 2.40. The van der Waals surface area contributed by atoms with Crippen molar-refractivity contribution in [2.75, 3.05) is 13.2 Å². The van der Waals surface area contributed by atoms with Gasteiger partial charge < -0.3 is 13.9 Å². The maximum Gasteiger partial charge on any atom is 0.344 e. The second-order valence-electron chi connectivity index (χ2n) is 8.55. The van der Waals surface area contributed by atoms with Crippen LogP contribution in [0.25, 0.3) is 45.2 Å². The van der Waals surface area contributed by atoms with E-state index in [0.29, 0.717) is 18.2 Å². The molecule has 0 fully saturated rings. The number of ether oxygens (including phenoxy) is 2. The number of rotatable bonds is 8. The zero-order valence-corrected chi connectivity index (χ0v) is 20.8. The first kappa shape index (κ1) is 24.1. The molecular formula is C32H27NO4. The van der Waals surface area contributed by atoms with Crippen LogP contribution in [0.1, 0.15) is 12.5 Å². The molecule has 5 nitrogen and oxygen atoms in total. The quantitative estimate of drug-likeness (QED) is 0.210. The van der Waals surface area contributed by atoms with Crippen molar-refractivity contribution in [1.82, 2.24) is 4.98 Å². The summed E-state index contributed by atoms with van der Waals surface area (Å²) in [7, 11) is 0. The largest absolute Gasteiger partial charge is 0.482 e. The molecule has 0 aliphatic carbocycles. The predicted molar refractivity (Wildman–Crippen MR) is 145 cm³/mol. The molecule has 0 saturated carbocycles. The fourth-order valence-corrected chi connectivity index (χ4v) is 4.33. The fourth-order valence-electron chi connectivity index (χ4n) is 4.33. The molecule has 37 heavy (non-hydrogen) atoms. The van der Waals surface area contributed by atoms with Crippen molar-refractivity contribution in [2.24, 2.45) is 0 Å². The molecule has 0 amide bonds. The number of hydrogen-bond donors (Lipinski definition) is 0. The third kappa shape index (κ3) is 5.31. The van der Waals surface area contributed by atoms with Crippen LogP contribution in [-0.4, -0.2) is 24.2 Å². The average Bonchev–Trinajstić information content (AvgIpc) is 3.39. The van der Waals surface area contributed by atoms with Gasteiger partial charge in [-0.15, -0.1) is 0 Å². The first-order valence-corrected chi connectivity index (χ1v) is 12.2. The molecule has 0 radical (unpaired) electrons. The molecule has 0 bridgehead atoms. The molecular weight excluding hydrogens is 462 g/mol. The number of oxazole rings is 1. The van der Waals surface area contributed by atoms with Gasteiger partial charge in [-0.1, -0.05) is 84.9 Å². The van der Waals surface area contributed by atoms with Crippen molar-refractivity contribution < 1.29 is 18.7 Å². The van der Waals surface area contributed by atoms with Crippen molar-refractivity contribution in [1.29, 1.82) is 0 Å². The number of benzene rings is 4. The topological polar surface area (TPSA) is 61.6 Å². The van der Waals surface area contributed by atoms with Gasteiger partial charge in [-0.05, 0) is 48.7 Å². The van der Waals surface area contributed by atoms with E-state index < -0.39 is 5.97 Å². The normalized spacial score (nSPS) is 10.8. The number of aryl methyl sites for hydroxylation is 1. The van der Waals surface area contributed by atoms with Gasteiger partial charge in [-0.3, -0.25) is 0 Å². The summed E-state index contributed by atoms with van der Waals surface area (Å²) >= 11 is 0. The van der Waals surface area contributed by atoms with Crippen LogP contribution in [0.5, 0.6) is 5.75 Å². The highest BCUT2D eigenvalue weighted by atomic mass is 16.6. The summed E-state index contributed by atoms with van der Waals surface area (Å²) in [5.74, 6) is 1.45. The van der Waals surface area contributed by atoms with Crippen molar-refractivity contribution >= 4 is 5.97 Å². The van der Waals surface area contributed by atoms with Gasteiger partial charge in [-0.25, -0.2) is 9.78 Å². The van der Waals surface area contributed by atoms with Crippen LogP contribution >= 0.6 is 0 Å². The van der Waals surface area contributed by atoms with E-state index in [1.54, 1.807) is 6.92 Å². The summed E-state index contributed by atoms with van der Waals surface area (Å²) in [6.07, 6.45) is 0. The summed E-state index contributed by atoms with van der Waals surface area (Å²) < 4.78 is 17.2. The second-order valence-corrected chi connectivity index (χ2v) is 8.55. The third-order valence-electron chi connectivity index (χ3n) is 6.00. The number of hydrogen-bond acceptors (Lipinski definition) is 5. The van der Waals surface area contributed by atoms with E-state index in [9.17, 15) is 4.79 Å². The summed E-state index contributed by atoms with van der Waals surface area (Å²) in [6.45, 7) is 4.01. The van der Waals surface area contributed by atoms with Crippen LogP contribution in [0.2, 0.25) is 0 Å². The Morgan fingerprint density at radius 2 is 1.49 bits per heavy atom. The van der Waals surface area contributed by atoms with Crippen LogP contribution in [0.4, 0.5) is 0 Å². The first-order chi connectivity index (χ1) is 18.1. The summed E-state index contributed by atoms with van der Waals surface area (Å²) in [6, 6.07) is 33.8. The SMILES string of the molecule is CCOC(=O)COc1cccc(-c2c(C)cccc2-c2nc(-c3ccccc3)c(-c3ccccc3)o2)c1. The molecule has 5 heteroatoms. The summed E-state index contributed by atoms with van der Waals surface area (Å²) in [5, 5.41) is 0. The lowest BCUT2D eigenvalue weighted by atomic mass is 9.95. The molecule has 1 heterocycles. The van der Waals surface area contributed by atoms with Gasteiger partial charge in [0.1, 0.15) is 11.4 Å². The van der Waals surface area contributed by atoms with Crippen molar-refractivity contribution in [3.05, 3.63) is 109 Å². The Morgan fingerprint density at radius 3 is 2.22 bits per heavy atom. The molecule has 5 aromatic rings. The Morgan fingerprint density at radius 1 is 0.811 bits per heavy atom. The van der Waals surface area contributed by atoms with Crippen LogP contribution in [0.3, 0.4) is 0 Å². The van der Waals surface area contributed by atoms with Crippen LogP contribution in [0, 0.1) is 6.92 Å². The predicted octanol–water partition coefficient (Wildman–Crippen LogP) is 7.59. The van der Waals surface area contributed by atoms with Crippen molar-refractivity contribution in [3.63, 3.8) is 0 Å². The monoisotopic (exact) mass is 489 g/mol. The molecule has 0 saturated heterocycles. The number of aromatic nitrogens is 1. The second kappa shape index (κ2) is 11.0. The van der Waals surface area contributed by atoms with Gasteiger partial charge in [-0.2, -0.15) is 0 Å². The average molecular weight is 490 g/mol. The fraction of sp³-hybridized carbons (Fsp3) is 0.125. The molecule has 5 rings (SSSR count). The number of carbonyl (C=O) groups is 1. The zero-order chi connectivity index (χ0) is 25.6. The van der Waals surface area contributed by atoms with E-state index in [1.807, 2.05) is 97.1 Å². The van der Waals surface area contributed by atoms with Crippen LogP contribution in [-0.2, 0) is 9.53 Å². The van der Waals surface area contributed by atoms with E-state index in [4.69, 9.17) is 18.9 Å². The van der Waals surface area contributed by atoms with Gasteiger partial charge in [0.2, 0.25) is 5.89 Å². The lowest BCUT2D eigenvalue weighted by Crippen LogP contribution is -2.14. The van der Waals surface area contributed by atoms with Gasteiger partial charge >= 0.3 is 5.97 Å². The van der Waals surface area contributed by atoms with E-state index >= 15 is 0 Å². The zero-order valence-electron chi connectivity index (χ0n) is 20.8. The first-order valence-electron chi connectivity index (χ1n) is 12.2. The highest BCUT2D eigenvalue weighted by molar-refractivity contribution is 5.86. The number of esters is 1. The van der Waals surface area contributed by atoms with Gasteiger partial charge in [0, 0.05) is 16.7 Å². The van der Waals surface area contributed by atoms with Gasteiger partial charge in [0.05, 0.1) is 6.61 Å². The van der Waals surface area contributed by atoms with E-state index in [2.05, 4.69) is 13.0 Å². The third-order valence-corrected chi connectivity index (χ3v) is 6.00. The molecule has 0 atom stereocenters.